The van der Waals surface area contributed by atoms with Crippen LogP contribution in [-0.4, -0.2) is 20.9 Å². The molecule has 2 rings (SSSR count). The van der Waals surface area contributed by atoms with Crippen molar-refractivity contribution in [1.82, 2.24) is 0 Å². The van der Waals surface area contributed by atoms with E-state index in [2.05, 4.69) is 45.9 Å². The van der Waals surface area contributed by atoms with Gasteiger partial charge >= 0.3 is 0 Å². The van der Waals surface area contributed by atoms with Crippen LogP contribution in [0.5, 0.6) is 11.5 Å². The molecule has 2 aromatic carbocycles. The molecule has 0 saturated carbocycles. The van der Waals surface area contributed by atoms with Gasteiger partial charge in [-0.25, -0.2) is 0 Å². The van der Waals surface area contributed by atoms with Crippen molar-refractivity contribution in [3.8, 4) is 11.5 Å². The van der Waals surface area contributed by atoms with Crippen molar-refractivity contribution in [1.29, 1.82) is 0 Å². The van der Waals surface area contributed by atoms with Crippen molar-refractivity contribution < 1.29 is 15.3 Å². The Morgan fingerprint density at radius 3 is 2.06 bits per heavy atom. The molecule has 1 unspecified atom stereocenters. The molecule has 0 radical (unpaired) electrons. The van der Waals surface area contributed by atoms with Crippen molar-refractivity contribution in [2.45, 2.75) is 78.7 Å². The second-order valence-corrected chi connectivity index (χ2v) is 9.57. The number of benzene rings is 2. The molecule has 0 aliphatic carbocycles. The number of phenolic OH excluding ortho intramolecular Hbond substituents is 2. The highest BCUT2D eigenvalue weighted by atomic mass is 16.3. The van der Waals surface area contributed by atoms with Crippen LogP contribution in [0.15, 0.2) is 71.4 Å². The summed E-state index contributed by atoms with van der Waals surface area (Å²) in [5, 5.41) is 32.8. The third-order valence-electron chi connectivity index (χ3n) is 5.91. The van der Waals surface area contributed by atoms with Gasteiger partial charge in [-0.3, -0.25) is 0 Å². The molecule has 178 valence electrons. The summed E-state index contributed by atoms with van der Waals surface area (Å²) in [5.74, 6) is 0.220. The van der Waals surface area contributed by atoms with E-state index in [1.807, 2.05) is 12.1 Å². The summed E-state index contributed by atoms with van der Waals surface area (Å²) < 4.78 is 0. The van der Waals surface area contributed by atoms with Crippen LogP contribution >= 0.6 is 0 Å². The normalized spacial score (nSPS) is 14.6. The van der Waals surface area contributed by atoms with Gasteiger partial charge in [0.2, 0.25) is 0 Å². The smallest absolute Gasteiger partial charge is 0.130 e. The Labute approximate surface area is 199 Å². The molecule has 0 fully saturated rings. The van der Waals surface area contributed by atoms with Gasteiger partial charge in [0.15, 0.2) is 0 Å². The molecule has 0 amide bonds. The van der Waals surface area contributed by atoms with Gasteiger partial charge in [-0.05, 0) is 79.2 Å². The van der Waals surface area contributed by atoms with E-state index in [0.29, 0.717) is 22.8 Å². The maximum atomic E-state index is 10.8. The predicted octanol–water partition coefficient (Wildman–Crippen LogP) is 8.21. The summed E-state index contributed by atoms with van der Waals surface area (Å²) in [6.07, 6.45) is 15.9. The lowest BCUT2D eigenvalue weighted by Gasteiger charge is -2.18. The number of phenols is 2. The zero-order valence-electron chi connectivity index (χ0n) is 20.9. The summed E-state index contributed by atoms with van der Waals surface area (Å²) in [6, 6.07) is 8.71. The number of hydrogen-bond donors (Lipinski definition) is 3. The van der Waals surface area contributed by atoms with E-state index < -0.39 is 5.60 Å². The zero-order valence-corrected chi connectivity index (χ0v) is 20.9. The molecule has 33 heavy (non-hydrogen) atoms. The molecule has 0 spiro atoms. The highest BCUT2D eigenvalue weighted by Crippen LogP contribution is 2.36. The summed E-state index contributed by atoms with van der Waals surface area (Å²) in [4.78, 5) is 0. The lowest BCUT2D eigenvalue weighted by Crippen LogP contribution is -2.19. The summed E-state index contributed by atoms with van der Waals surface area (Å²) in [5.41, 5.74) is 3.63. The second kappa shape index (κ2) is 12.5. The summed E-state index contributed by atoms with van der Waals surface area (Å²) in [7, 11) is 0. The predicted molar refractivity (Wildman–Crippen MR) is 142 cm³/mol. The molecule has 0 bridgehead atoms. The van der Waals surface area contributed by atoms with Crippen molar-refractivity contribution in [2.24, 2.45) is 0 Å². The number of fused-ring (bicyclic) bond motifs is 1. The minimum atomic E-state index is -1.01. The van der Waals surface area contributed by atoms with E-state index in [1.165, 1.54) is 22.8 Å². The van der Waals surface area contributed by atoms with Crippen LogP contribution in [0.3, 0.4) is 0 Å². The van der Waals surface area contributed by atoms with Gasteiger partial charge in [0.25, 0.3) is 0 Å². The number of hydrogen-bond acceptors (Lipinski definition) is 3. The van der Waals surface area contributed by atoms with Gasteiger partial charge in [-0.2, -0.15) is 0 Å². The maximum absolute atomic E-state index is 10.8. The lowest BCUT2D eigenvalue weighted by atomic mass is 9.96. The monoisotopic (exact) mass is 448 g/mol. The van der Waals surface area contributed by atoms with E-state index in [1.54, 1.807) is 31.2 Å². The van der Waals surface area contributed by atoms with Crippen LogP contribution in [0, 0.1) is 0 Å². The Morgan fingerprint density at radius 1 is 0.848 bits per heavy atom. The average Bonchev–Trinajstić information content (AvgIpc) is 2.75. The molecule has 0 aliphatic heterocycles. The van der Waals surface area contributed by atoms with Crippen LogP contribution < -0.4 is 0 Å². The highest BCUT2D eigenvalue weighted by Gasteiger charge is 2.16. The second-order valence-electron chi connectivity index (χ2n) is 9.57. The van der Waals surface area contributed by atoms with E-state index in [0.717, 1.165) is 32.1 Å². The lowest BCUT2D eigenvalue weighted by molar-refractivity contribution is 0.104. The van der Waals surface area contributed by atoms with Gasteiger partial charge in [0.1, 0.15) is 11.5 Å². The third-order valence-corrected chi connectivity index (χ3v) is 5.91. The molecule has 0 heterocycles. The first-order valence-electron chi connectivity index (χ1n) is 11.9. The zero-order chi connectivity index (χ0) is 24.4. The first-order valence-corrected chi connectivity index (χ1v) is 11.9. The molecule has 2 aromatic rings. The van der Waals surface area contributed by atoms with Gasteiger partial charge in [0, 0.05) is 16.3 Å². The number of rotatable bonds is 11. The summed E-state index contributed by atoms with van der Waals surface area (Å²) in [6.45, 7) is 10.4. The average molecular weight is 449 g/mol. The molecular weight excluding hydrogens is 408 g/mol. The molecular formula is C30H40O3. The van der Waals surface area contributed by atoms with Gasteiger partial charge < -0.3 is 15.3 Å². The quantitative estimate of drug-likeness (QED) is 0.240. The molecule has 0 saturated heterocycles. The molecule has 0 aromatic heterocycles. The van der Waals surface area contributed by atoms with Crippen LogP contribution in [-0.2, 0) is 0 Å². The topological polar surface area (TPSA) is 60.7 Å². The van der Waals surface area contributed by atoms with E-state index >= 15 is 0 Å². The van der Waals surface area contributed by atoms with Crippen LogP contribution in [0.2, 0.25) is 0 Å². The van der Waals surface area contributed by atoms with Gasteiger partial charge in [0.05, 0.1) is 5.60 Å². The number of aromatic hydroxyl groups is 2. The first kappa shape index (κ1) is 26.5. The number of allylic oxidation sites excluding steroid dienone is 6. The van der Waals surface area contributed by atoms with Crippen molar-refractivity contribution >= 4 is 16.8 Å². The minimum Gasteiger partial charge on any atom is -0.507 e. The van der Waals surface area contributed by atoms with Crippen molar-refractivity contribution in [2.75, 3.05) is 0 Å². The summed E-state index contributed by atoms with van der Waals surface area (Å²) >= 11 is 0. The van der Waals surface area contributed by atoms with Gasteiger partial charge in [-0.1, -0.05) is 71.4 Å². The Bertz CT molecular complexity index is 1050. The fraction of sp³-hybridized carbons (Fsp3) is 0.400. The Kier molecular flexibility index (Phi) is 9.99. The van der Waals surface area contributed by atoms with Crippen LogP contribution in [0.25, 0.3) is 16.8 Å². The van der Waals surface area contributed by atoms with Crippen molar-refractivity contribution in [3.05, 3.63) is 76.9 Å². The van der Waals surface area contributed by atoms with Crippen LogP contribution in [0.1, 0.15) is 78.7 Å². The molecule has 3 nitrogen and oxygen atoms in total. The maximum Gasteiger partial charge on any atom is 0.130 e. The minimum absolute atomic E-state index is 0.107. The highest BCUT2D eigenvalue weighted by molar-refractivity contribution is 5.95. The fourth-order valence-electron chi connectivity index (χ4n) is 3.79. The van der Waals surface area contributed by atoms with E-state index in [-0.39, 0.29) is 11.5 Å². The third kappa shape index (κ3) is 8.94. The number of aliphatic hydroxyl groups is 1. The largest absolute Gasteiger partial charge is 0.507 e. The van der Waals surface area contributed by atoms with Crippen molar-refractivity contribution in [3.63, 3.8) is 0 Å². The fourth-order valence-corrected chi connectivity index (χ4v) is 3.79. The van der Waals surface area contributed by atoms with Crippen LogP contribution in [0.4, 0.5) is 0 Å². The molecule has 3 heteroatoms. The SMILES string of the molecule is CC(C)=CCCC(C)=CCCC(C)=CCCC(C)(O)C=Cc1cc(O)c2ccccc2c1O. The Balaban J connectivity index is 1.89. The van der Waals surface area contributed by atoms with E-state index in [9.17, 15) is 15.3 Å². The van der Waals surface area contributed by atoms with E-state index in [4.69, 9.17) is 0 Å². The standard InChI is InChI=1S/C30H40O3/c1-22(2)11-8-12-23(3)13-9-14-24(4)15-10-19-30(5,33)20-18-25-21-28(31)26-16-6-7-17-27(26)29(25)32/h6-7,11,13,15-18,20-21,31-33H,8-10,12,14,19H2,1-5H3. The molecule has 0 aliphatic rings. The molecule has 1 atom stereocenters. The van der Waals surface area contributed by atoms with Gasteiger partial charge in [-0.15, -0.1) is 0 Å². The Morgan fingerprint density at radius 2 is 1.42 bits per heavy atom. The first-order chi connectivity index (χ1) is 15.6. The molecule has 3 N–H and O–H groups in total. The Hall–Kier alpha value is -2.78.